The number of pyridine rings is 1. The van der Waals surface area contributed by atoms with Crippen molar-refractivity contribution in [2.45, 2.75) is 31.9 Å². The lowest BCUT2D eigenvalue weighted by Gasteiger charge is -2.37. The van der Waals surface area contributed by atoms with Gasteiger partial charge in [-0.3, -0.25) is 0 Å². The van der Waals surface area contributed by atoms with Crippen molar-refractivity contribution in [2.75, 3.05) is 32.1 Å². The number of aromatic nitrogens is 1. The van der Waals surface area contributed by atoms with Gasteiger partial charge in [-0.15, -0.1) is 0 Å². The van der Waals surface area contributed by atoms with Gasteiger partial charge in [0.25, 0.3) is 0 Å². The molecule has 1 aromatic heterocycles. The van der Waals surface area contributed by atoms with Crippen molar-refractivity contribution >= 4 is 5.82 Å². The predicted molar refractivity (Wildman–Crippen MR) is 73.8 cm³/mol. The first-order chi connectivity index (χ1) is 8.58. The number of likely N-dealkylation sites (N-methyl/N-ethyl adjacent to an activating group) is 1. The highest BCUT2D eigenvalue weighted by molar-refractivity contribution is 5.42. The van der Waals surface area contributed by atoms with Crippen molar-refractivity contribution < 1.29 is 5.11 Å². The predicted octanol–water partition coefficient (Wildman–Crippen LogP) is 1.67. The highest BCUT2D eigenvalue weighted by Gasteiger charge is 2.22. The Kier molecular flexibility index (Phi) is 4.19. The van der Waals surface area contributed by atoms with Crippen LogP contribution in [0.2, 0.25) is 0 Å². The Labute approximate surface area is 109 Å². The van der Waals surface area contributed by atoms with Crippen molar-refractivity contribution in [1.29, 1.82) is 0 Å². The molecule has 0 radical (unpaired) electrons. The van der Waals surface area contributed by atoms with Crippen molar-refractivity contribution in [3.05, 3.63) is 23.9 Å². The molecule has 1 fully saturated rings. The van der Waals surface area contributed by atoms with Gasteiger partial charge in [-0.05, 0) is 51.6 Å². The Bertz CT molecular complexity index is 392. The van der Waals surface area contributed by atoms with Gasteiger partial charge in [-0.2, -0.15) is 0 Å². The van der Waals surface area contributed by atoms with Gasteiger partial charge in [0.1, 0.15) is 5.82 Å². The summed E-state index contributed by atoms with van der Waals surface area (Å²) in [5.74, 6) is 0.986. The Morgan fingerprint density at radius 2 is 2.28 bits per heavy atom. The summed E-state index contributed by atoms with van der Waals surface area (Å²) in [6.07, 6.45) is 3.81. The van der Waals surface area contributed by atoms with Gasteiger partial charge in [0.15, 0.2) is 0 Å². The first-order valence-electron chi connectivity index (χ1n) is 6.63. The largest absolute Gasteiger partial charge is 0.389 e. The van der Waals surface area contributed by atoms with Crippen molar-refractivity contribution in [3.63, 3.8) is 0 Å². The second-order valence-electron chi connectivity index (χ2n) is 5.33. The topological polar surface area (TPSA) is 39.6 Å². The Morgan fingerprint density at radius 1 is 1.50 bits per heavy atom. The average molecular weight is 249 g/mol. The number of nitrogens with zero attached hydrogens (tertiary/aromatic N) is 3. The van der Waals surface area contributed by atoms with E-state index in [1.807, 2.05) is 12.1 Å². The van der Waals surface area contributed by atoms with Crippen LogP contribution >= 0.6 is 0 Å². The Balaban J connectivity index is 2.13. The van der Waals surface area contributed by atoms with Gasteiger partial charge in [0, 0.05) is 25.3 Å². The molecule has 4 nitrogen and oxygen atoms in total. The molecule has 0 bridgehead atoms. The summed E-state index contributed by atoms with van der Waals surface area (Å²) >= 11 is 0. The van der Waals surface area contributed by atoms with Crippen LogP contribution in [-0.2, 0) is 0 Å². The monoisotopic (exact) mass is 249 g/mol. The van der Waals surface area contributed by atoms with E-state index in [9.17, 15) is 5.11 Å². The zero-order chi connectivity index (χ0) is 13.1. The summed E-state index contributed by atoms with van der Waals surface area (Å²) in [6.45, 7) is 3.86. The number of hydrogen-bond donors (Lipinski definition) is 1. The summed E-state index contributed by atoms with van der Waals surface area (Å²) < 4.78 is 0. The molecular formula is C14H23N3O. The van der Waals surface area contributed by atoms with Crippen molar-refractivity contribution in [3.8, 4) is 0 Å². The molecule has 18 heavy (non-hydrogen) atoms. The van der Waals surface area contributed by atoms with E-state index in [2.05, 4.69) is 28.9 Å². The number of hydrogen-bond acceptors (Lipinski definition) is 4. The summed E-state index contributed by atoms with van der Waals surface area (Å²) in [6, 6.07) is 4.47. The van der Waals surface area contributed by atoms with Crippen LogP contribution in [0.25, 0.3) is 0 Å². The smallest absolute Gasteiger partial charge is 0.128 e. The molecule has 2 rings (SSSR count). The number of rotatable bonds is 3. The molecule has 1 saturated heterocycles. The number of piperidine rings is 1. The lowest BCUT2D eigenvalue weighted by atomic mass is 10.0. The van der Waals surface area contributed by atoms with Crippen molar-refractivity contribution in [2.24, 2.45) is 0 Å². The third-order valence-electron chi connectivity index (χ3n) is 3.70. The van der Waals surface area contributed by atoms with Crippen LogP contribution in [0.15, 0.2) is 18.3 Å². The molecule has 2 heterocycles. The van der Waals surface area contributed by atoms with Crippen LogP contribution in [-0.4, -0.2) is 48.2 Å². The molecule has 0 spiro atoms. The summed E-state index contributed by atoms with van der Waals surface area (Å²) in [4.78, 5) is 9.04. The van der Waals surface area contributed by atoms with E-state index in [1.165, 1.54) is 12.8 Å². The van der Waals surface area contributed by atoms with Gasteiger partial charge >= 0.3 is 0 Å². The highest BCUT2D eigenvalue weighted by atomic mass is 16.3. The van der Waals surface area contributed by atoms with E-state index in [4.69, 9.17) is 0 Å². The molecule has 0 saturated carbocycles. The standard InChI is InChI=1S/C14H23N3O/c1-11(18)12-6-7-15-14(9-12)17-8-4-5-13(10-17)16(2)3/h6-7,9,11,13,18H,4-5,8,10H2,1-3H3/t11-,13?/m0/s1. The van der Waals surface area contributed by atoms with E-state index < -0.39 is 6.10 Å². The van der Waals surface area contributed by atoms with Gasteiger partial charge in [0.05, 0.1) is 6.10 Å². The van der Waals surface area contributed by atoms with Crippen LogP contribution < -0.4 is 4.90 Å². The number of anilines is 1. The van der Waals surface area contributed by atoms with Crippen LogP contribution in [0.1, 0.15) is 31.4 Å². The number of aliphatic hydroxyl groups excluding tert-OH is 1. The van der Waals surface area contributed by atoms with E-state index in [0.717, 1.165) is 24.5 Å². The molecule has 1 aromatic rings. The zero-order valence-electron chi connectivity index (χ0n) is 11.5. The minimum absolute atomic E-state index is 0.429. The SMILES string of the molecule is C[C@H](O)c1ccnc(N2CCCC(N(C)C)C2)c1. The molecule has 0 aromatic carbocycles. The molecule has 1 unspecified atom stereocenters. The summed E-state index contributed by atoms with van der Waals surface area (Å²) in [7, 11) is 4.27. The first kappa shape index (κ1) is 13.3. The van der Waals surface area contributed by atoms with Gasteiger partial charge < -0.3 is 14.9 Å². The third kappa shape index (κ3) is 3.00. The van der Waals surface area contributed by atoms with Crippen LogP contribution in [0.5, 0.6) is 0 Å². The van der Waals surface area contributed by atoms with Crippen LogP contribution in [0.4, 0.5) is 5.82 Å². The minimum Gasteiger partial charge on any atom is -0.389 e. The molecule has 0 aliphatic carbocycles. The van der Waals surface area contributed by atoms with Crippen molar-refractivity contribution in [1.82, 2.24) is 9.88 Å². The van der Waals surface area contributed by atoms with E-state index in [-0.39, 0.29) is 0 Å². The quantitative estimate of drug-likeness (QED) is 0.884. The molecule has 1 aliphatic heterocycles. The molecule has 100 valence electrons. The average Bonchev–Trinajstić information content (AvgIpc) is 2.39. The van der Waals surface area contributed by atoms with Gasteiger partial charge in [-0.1, -0.05) is 0 Å². The van der Waals surface area contributed by atoms with E-state index in [1.54, 1.807) is 13.1 Å². The molecule has 4 heteroatoms. The second-order valence-corrected chi connectivity index (χ2v) is 5.33. The Morgan fingerprint density at radius 3 is 2.94 bits per heavy atom. The summed E-state index contributed by atoms with van der Waals surface area (Å²) in [5.41, 5.74) is 0.937. The molecule has 1 N–H and O–H groups in total. The van der Waals surface area contributed by atoms with E-state index >= 15 is 0 Å². The fourth-order valence-electron chi connectivity index (χ4n) is 2.45. The Hall–Kier alpha value is -1.13. The molecule has 0 amide bonds. The second kappa shape index (κ2) is 5.67. The first-order valence-corrected chi connectivity index (χ1v) is 6.63. The molecular weight excluding hydrogens is 226 g/mol. The fraction of sp³-hybridized carbons (Fsp3) is 0.643. The number of aliphatic hydroxyl groups is 1. The van der Waals surface area contributed by atoms with Crippen LogP contribution in [0.3, 0.4) is 0 Å². The maximum Gasteiger partial charge on any atom is 0.128 e. The summed E-state index contributed by atoms with van der Waals surface area (Å²) in [5, 5.41) is 9.63. The fourth-order valence-corrected chi connectivity index (χ4v) is 2.45. The molecule has 2 atom stereocenters. The zero-order valence-corrected chi connectivity index (χ0v) is 11.5. The lowest BCUT2D eigenvalue weighted by molar-refractivity contribution is 0.199. The van der Waals surface area contributed by atoms with Crippen LogP contribution in [0, 0.1) is 0 Å². The van der Waals surface area contributed by atoms with Gasteiger partial charge in [-0.25, -0.2) is 4.98 Å². The lowest BCUT2D eigenvalue weighted by Crippen LogP contribution is -2.45. The van der Waals surface area contributed by atoms with E-state index in [0.29, 0.717) is 6.04 Å². The molecule has 1 aliphatic rings. The highest BCUT2D eigenvalue weighted by Crippen LogP contribution is 2.22. The maximum atomic E-state index is 9.63. The minimum atomic E-state index is -0.429. The third-order valence-corrected chi connectivity index (χ3v) is 3.70. The normalized spacial score (nSPS) is 22.3. The maximum absolute atomic E-state index is 9.63. The van der Waals surface area contributed by atoms with Gasteiger partial charge in [0.2, 0.25) is 0 Å².